The standard InChI is InChI=1S/C22H28N2O3S/c1-15-8-6-10-21(17(15)3)24-28(26,27)19-13-11-18(12-14-19)22(25)23-20-9-5-4-7-16(20)2/h6,8,10-14,16,20,24H,4-5,7,9H2,1-3H3,(H,23,25)/t16-,20-/m0/s1. The van der Waals surface area contributed by atoms with E-state index >= 15 is 0 Å². The van der Waals surface area contributed by atoms with E-state index in [1.807, 2.05) is 26.0 Å². The van der Waals surface area contributed by atoms with Gasteiger partial charge in [0.05, 0.1) is 10.6 Å². The Morgan fingerprint density at radius 1 is 1.00 bits per heavy atom. The number of hydrogen-bond acceptors (Lipinski definition) is 3. The first-order valence-electron chi connectivity index (χ1n) is 9.78. The van der Waals surface area contributed by atoms with Crippen LogP contribution in [-0.4, -0.2) is 20.4 Å². The van der Waals surface area contributed by atoms with Crippen LogP contribution in [0.3, 0.4) is 0 Å². The molecule has 2 N–H and O–H groups in total. The van der Waals surface area contributed by atoms with Gasteiger partial charge in [-0.3, -0.25) is 9.52 Å². The van der Waals surface area contributed by atoms with Crippen LogP contribution >= 0.6 is 0 Å². The van der Waals surface area contributed by atoms with Gasteiger partial charge in [0.15, 0.2) is 0 Å². The number of amides is 1. The molecule has 0 saturated heterocycles. The average Bonchev–Trinajstić information content (AvgIpc) is 2.67. The van der Waals surface area contributed by atoms with E-state index in [-0.39, 0.29) is 16.8 Å². The third kappa shape index (κ3) is 4.55. The molecule has 1 aliphatic carbocycles. The number of benzene rings is 2. The maximum Gasteiger partial charge on any atom is 0.261 e. The summed E-state index contributed by atoms with van der Waals surface area (Å²) >= 11 is 0. The topological polar surface area (TPSA) is 75.3 Å². The Morgan fingerprint density at radius 2 is 1.68 bits per heavy atom. The molecule has 0 spiro atoms. The predicted octanol–water partition coefficient (Wildman–Crippen LogP) is 4.41. The SMILES string of the molecule is Cc1cccc(NS(=O)(=O)c2ccc(C(=O)N[C@H]3CCCC[C@@H]3C)cc2)c1C. The maximum atomic E-state index is 12.7. The van der Waals surface area contributed by atoms with Crippen LogP contribution in [-0.2, 0) is 10.0 Å². The van der Waals surface area contributed by atoms with Crippen molar-refractivity contribution in [1.29, 1.82) is 0 Å². The van der Waals surface area contributed by atoms with E-state index in [0.29, 0.717) is 17.2 Å². The second-order valence-electron chi connectivity index (χ2n) is 7.72. The number of carbonyl (C=O) groups excluding carboxylic acids is 1. The van der Waals surface area contributed by atoms with Gasteiger partial charge >= 0.3 is 0 Å². The Labute approximate surface area is 167 Å². The lowest BCUT2D eigenvalue weighted by Crippen LogP contribution is -2.41. The molecule has 1 amide bonds. The van der Waals surface area contributed by atoms with E-state index in [0.717, 1.165) is 30.4 Å². The van der Waals surface area contributed by atoms with Gasteiger partial charge in [-0.1, -0.05) is 31.9 Å². The zero-order valence-electron chi connectivity index (χ0n) is 16.7. The highest BCUT2D eigenvalue weighted by Gasteiger charge is 2.23. The van der Waals surface area contributed by atoms with Crippen molar-refractivity contribution in [1.82, 2.24) is 5.32 Å². The van der Waals surface area contributed by atoms with E-state index in [2.05, 4.69) is 17.0 Å². The quantitative estimate of drug-likeness (QED) is 0.780. The van der Waals surface area contributed by atoms with Crippen molar-refractivity contribution in [3.8, 4) is 0 Å². The van der Waals surface area contributed by atoms with Crippen molar-refractivity contribution in [2.24, 2.45) is 5.92 Å². The van der Waals surface area contributed by atoms with Gasteiger partial charge in [-0.05, 0) is 74.1 Å². The molecule has 2 atom stereocenters. The van der Waals surface area contributed by atoms with E-state index in [4.69, 9.17) is 0 Å². The van der Waals surface area contributed by atoms with E-state index in [1.54, 1.807) is 18.2 Å². The maximum absolute atomic E-state index is 12.7. The lowest BCUT2D eigenvalue weighted by Gasteiger charge is -2.29. The molecule has 0 heterocycles. The Hall–Kier alpha value is -2.34. The first kappa shape index (κ1) is 20.4. The minimum absolute atomic E-state index is 0.135. The lowest BCUT2D eigenvalue weighted by atomic mass is 9.86. The fourth-order valence-corrected chi connectivity index (χ4v) is 4.76. The summed E-state index contributed by atoms with van der Waals surface area (Å²) < 4.78 is 28.0. The van der Waals surface area contributed by atoms with Crippen molar-refractivity contribution in [3.05, 3.63) is 59.2 Å². The van der Waals surface area contributed by atoms with E-state index in [9.17, 15) is 13.2 Å². The second kappa shape index (κ2) is 8.35. The summed E-state index contributed by atoms with van der Waals surface area (Å²) in [5, 5.41) is 3.09. The van der Waals surface area contributed by atoms with Crippen LogP contribution in [0, 0.1) is 19.8 Å². The second-order valence-corrected chi connectivity index (χ2v) is 9.40. The van der Waals surface area contributed by atoms with Crippen molar-refractivity contribution >= 4 is 21.6 Å². The smallest absolute Gasteiger partial charge is 0.261 e. The molecular weight excluding hydrogens is 372 g/mol. The minimum atomic E-state index is -3.71. The fraction of sp³-hybridized carbons (Fsp3) is 0.409. The third-order valence-electron chi connectivity index (χ3n) is 5.70. The highest BCUT2D eigenvalue weighted by atomic mass is 32.2. The van der Waals surface area contributed by atoms with Crippen LogP contribution in [0.5, 0.6) is 0 Å². The number of sulfonamides is 1. The van der Waals surface area contributed by atoms with Gasteiger partial charge in [0.25, 0.3) is 15.9 Å². The highest BCUT2D eigenvalue weighted by Crippen LogP contribution is 2.25. The van der Waals surface area contributed by atoms with Gasteiger partial charge in [0.2, 0.25) is 0 Å². The summed E-state index contributed by atoms with van der Waals surface area (Å²) in [7, 11) is -3.71. The molecule has 0 aromatic heterocycles. The molecule has 0 unspecified atom stereocenters. The van der Waals surface area contributed by atoms with Gasteiger partial charge in [-0.15, -0.1) is 0 Å². The summed E-state index contributed by atoms with van der Waals surface area (Å²) in [4.78, 5) is 12.7. The van der Waals surface area contributed by atoms with Crippen molar-refractivity contribution in [2.75, 3.05) is 4.72 Å². The first-order valence-corrected chi connectivity index (χ1v) is 11.3. The molecule has 0 aliphatic heterocycles. The zero-order chi connectivity index (χ0) is 20.3. The predicted molar refractivity (Wildman–Crippen MR) is 112 cm³/mol. The molecule has 1 fully saturated rings. The summed E-state index contributed by atoms with van der Waals surface area (Å²) in [6.45, 7) is 5.99. The Balaban J connectivity index is 1.72. The molecule has 1 aliphatic rings. The molecule has 6 heteroatoms. The number of carbonyl (C=O) groups is 1. The molecule has 1 saturated carbocycles. The summed E-state index contributed by atoms with van der Waals surface area (Å²) in [6, 6.07) is 11.8. The number of rotatable bonds is 5. The summed E-state index contributed by atoms with van der Waals surface area (Å²) in [5.41, 5.74) is 2.95. The molecule has 3 rings (SSSR count). The van der Waals surface area contributed by atoms with Crippen molar-refractivity contribution in [3.63, 3.8) is 0 Å². The zero-order valence-corrected chi connectivity index (χ0v) is 17.5. The van der Waals surface area contributed by atoms with Gasteiger partial charge < -0.3 is 5.32 Å². The number of aryl methyl sites for hydroxylation is 1. The molecule has 2 aromatic rings. The molecular formula is C22H28N2O3S. The van der Waals surface area contributed by atoms with Crippen LogP contribution in [0.1, 0.15) is 54.1 Å². The normalized spacial score (nSPS) is 19.8. The van der Waals surface area contributed by atoms with Crippen LogP contribution in [0.2, 0.25) is 0 Å². The van der Waals surface area contributed by atoms with Crippen molar-refractivity contribution in [2.45, 2.75) is 57.4 Å². The van der Waals surface area contributed by atoms with Crippen LogP contribution in [0.15, 0.2) is 47.4 Å². The highest BCUT2D eigenvalue weighted by molar-refractivity contribution is 7.92. The number of anilines is 1. The average molecular weight is 401 g/mol. The summed E-state index contributed by atoms with van der Waals surface area (Å²) in [5.74, 6) is 0.323. The molecule has 28 heavy (non-hydrogen) atoms. The Bertz CT molecular complexity index is 952. The third-order valence-corrected chi connectivity index (χ3v) is 7.09. The molecule has 150 valence electrons. The van der Waals surface area contributed by atoms with Crippen LogP contribution < -0.4 is 10.0 Å². The Morgan fingerprint density at radius 3 is 2.36 bits per heavy atom. The summed E-state index contributed by atoms with van der Waals surface area (Å²) in [6.07, 6.45) is 4.48. The molecule has 0 bridgehead atoms. The fourth-order valence-electron chi connectivity index (χ4n) is 3.63. The van der Waals surface area contributed by atoms with Crippen molar-refractivity contribution < 1.29 is 13.2 Å². The van der Waals surface area contributed by atoms with Gasteiger partial charge in [0, 0.05) is 11.6 Å². The monoisotopic (exact) mass is 400 g/mol. The Kier molecular flexibility index (Phi) is 6.08. The van der Waals surface area contributed by atoms with E-state index < -0.39 is 10.0 Å². The van der Waals surface area contributed by atoms with Gasteiger partial charge in [-0.2, -0.15) is 0 Å². The molecule has 2 aromatic carbocycles. The molecule has 0 radical (unpaired) electrons. The van der Waals surface area contributed by atoms with Gasteiger partial charge in [-0.25, -0.2) is 8.42 Å². The lowest BCUT2D eigenvalue weighted by molar-refractivity contribution is 0.0910. The number of hydrogen-bond donors (Lipinski definition) is 2. The van der Waals surface area contributed by atoms with Crippen LogP contribution in [0.4, 0.5) is 5.69 Å². The minimum Gasteiger partial charge on any atom is -0.349 e. The largest absolute Gasteiger partial charge is 0.349 e. The van der Waals surface area contributed by atoms with E-state index in [1.165, 1.54) is 18.6 Å². The molecule has 5 nitrogen and oxygen atoms in total. The van der Waals surface area contributed by atoms with Gasteiger partial charge in [0.1, 0.15) is 0 Å². The first-order chi connectivity index (χ1) is 13.3. The van der Waals surface area contributed by atoms with Crippen LogP contribution in [0.25, 0.3) is 0 Å². The number of nitrogens with one attached hydrogen (secondary N) is 2.